The molecule has 0 spiro atoms. The van der Waals surface area contributed by atoms with Crippen LogP contribution in [0.15, 0.2) is 18.5 Å². The number of pyridine rings is 1. The van der Waals surface area contributed by atoms with E-state index in [1.165, 1.54) is 12.3 Å². The second-order valence-corrected chi connectivity index (χ2v) is 4.48. The van der Waals surface area contributed by atoms with Gasteiger partial charge in [-0.25, -0.2) is 4.39 Å². The third-order valence-electron chi connectivity index (χ3n) is 2.32. The van der Waals surface area contributed by atoms with Crippen molar-refractivity contribution >= 4 is 11.8 Å². The zero-order valence-corrected chi connectivity index (χ0v) is 8.91. The third kappa shape index (κ3) is 2.48. The average molecular weight is 229 g/mol. The topological polar surface area (TPSA) is 42.4 Å². The van der Waals surface area contributed by atoms with Crippen LogP contribution in [0.2, 0.25) is 0 Å². The molecule has 1 N–H and O–H groups in total. The largest absolute Gasteiger partial charge is 0.386 e. The fourth-order valence-electron chi connectivity index (χ4n) is 1.51. The highest BCUT2D eigenvalue weighted by Crippen LogP contribution is 2.26. The van der Waals surface area contributed by atoms with E-state index in [9.17, 15) is 9.50 Å². The predicted octanol–water partition coefficient (Wildman–Crippen LogP) is 1.39. The number of hydrogen-bond donors (Lipinski definition) is 1. The van der Waals surface area contributed by atoms with Gasteiger partial charge in [0, 0.05) is 23.3 Å². The van der Waals surface area contributed by atoms with Crippen LogP contribution in [0, 0.1) is 5.82 Å². The van der Waals surface area contributed by atoms with Crippen LogP contribution in [0.1, 0.15) is 11.7 Å². The summed E-state index contributed by atoms with van der Waals surface area (Å²) in [4.78, 5) is 3.64. The van der Waals surface area contributed by atoms with E-state index >= 15 is 0 Å². The van der Waals surface area contributed by atoms with Gasteiger partial charge < -0.3 is 9.84 Å². The molecule has 5 heteroatoms. The first-order chi connectivity index (χ1) is 7.29. The Morgan fingerprint density at radius 1 is 1.67 bits per heavy atom. The Balaban J connectivity index is 2.12. The minimum absolute atomic E-state index is 0.262. The van der Waals surface area contributed by atoms with E-state index < -0.39 is 11.9 Å². The lowest BCUT2D eigenvalue weighted by molar-refractivity contribution is -0.0242. The summed E-state index contributed by atoms with van der Waals surface area (Å²) in [6.45, 7) is 0.610. The molecule has 1 saturated heterocycles. The lowest BCUT2D eigenvalue weighted by Gasteiger charge is -2.26. The fourth-order valence-corrected chi connectivity index (χ4v) is 2.41. The Morgan fingerprint density at radius 2 is 2.53 bits per heavy atom. The number of aliphatic hydroxyl groups is 1. The van der Waals surface area contributed by atoms with Crippen molar-refractivity contribution in [2.75, 3.05) is 18.1 Å². The van der Waals surface area contributed by atoms with E-state index in [0.29, 0.717) is 12.4 Å². The van der Waals surface area contributed by atoms with Gasteiger partial charge in [-0.1, -0.05) is 0 Å². The van der Waals surface area contributed by atoms with Gasteiger partial charge in [-0.2, -0.15) is 11.8 Å². The van der Waals surface area contributed by atoms with E-state index in [1.807, 2.05) is 0 Å². The maximum absolute atomic E-state index is 13.3. The Bertz CT molecular complexity index is 331. The minimum atomic E-state index is -0.902. The first-order valence-electron chi connectivity index (χ1n) is 4.76. The molecule has 1 aromatic rings. The highest BCUT2D eigenvalue weighted by Gasteiger charge is 2.26. The zero-order chi connectivity index (χ0) is 10.7. The molecule has 0 aliphatic carbocycles. The van der Waals surface area contributed by atoms with Crippen molar-refractivity contribution in [3.63, 3.8) is 0 Å². The molecule has 2 rings (SSSR count). The fraction of sp³-hybridized carbons (Fsp3) is 0.500. The summed E-state index contributed by atoms with van der Waals surface area (Å²) < 4.78 is 18.7. The molecule has 1 aromatic heterocycles. The summed E-state index contributed by atoms with van der Waals surface area (Å²) in [7, 11) is 0. The van der Waals surface area contributed by atoms with Gasteiger partial charge in [0.15, 0.2) is 0 Å². The van der Waals surface area contributed by atoms with Crippen LogP contribution in [-0.4, -0.2) is 34.3 Å². The third-order valence-corrected chi connectivity index (χ3v) is 3.34. The monoisotopic (exact) mass is 229 g/mol. The number of aliphatic hydroxyl groups excluding tert-OH is 1. The maximum Gasteiger partial charge on any atom is 0.147 e. The van der Waals surface area contributed by atoms with Crippen molar-refractivity contribution < 1.29 is 14.2 Å². The van der Waals surface area contributed by atoms with Crippen LogP contribution in [0.25, 0.3) is 0 Å². The molecule has 15 heavy (non-hydrogen) atoms. The summed E-state index contributed by atoms with van der Waals surface area (Å²) in [5.41, 5.74) is 0.262. The van der Waals surface area contributed by atoms with Gasteiger partial charge in [0.05, 0.1) is 18.9 Å². The number of rotatable bonds is 2. The predicted molar refractivity (Wildman–Crippen MR) is 56.2 cm³/mol. The summed E-state index contributed by atoms with van der Waals surface area (Å²) >= 11 is 1.71. The lowest BCUT2D eigenvalue weighted by Crippen LogP contribution is -2.30. The first kappa shape index (κ1) is 10.9. The SMILES string of the molecule is OC(c1ccncc1F)C1CSCCO1. The molecule has 0 amide bonds. The van der Waals surface area contributed by atoms with E-state index in [2.05, 4.69) is 4.98 Å². The summed E-state index contributed by atoms with van der Waals surface area (Å²) in [5, 5.41) is 9.92. The summed E-state index contributed by atoms with van der Waals surface area (Å²) in [5.74, 6) is 1.15. The van der Waals surface area contributed by atoms with Crippen LogP contribution < -0.4 is 0 Å². The molecular formula is C10H12FNO2S. The molecule has 0 bridgehead atoms. The standard InChI is InChI=1S/C10H12FNO2S/c11-8-5-12-2-1-7(8)10(13)9-6-15-4-3-14-9/h1-2,5,9-10,13H,3-4,6H2. The Morgan fingerprint density at radius 3 is 3.20 bits per heavy atom. The van der Waals surface area contributed by atoms with Crippen LogP contribution >= 0.6 is 11.8 Å². The molecule has 2 heterocycles. The molecule has 3 nitrogen and oxygen atoms in total. The van der Waals surface area contributed by atoms with Crippen molar-refractivity contribution in [1.29, 1.82) is 0 Å². The molecule has 2 unspecified atom stereocenters. The number of nitrogens with zero attached hydrogens (tertiary/aromatic N) is 1. The van der Waals surface area contributed by atoms with Crippen LogP contribution in [0.4, 0.5) is 4.39 Å². The van der Waals surface area contributed by atoms with Crippen LogP contribution in [0.3, 0.4) is 0 Å². The Labute approximate surface area is 91.7 Å². The molecule has 1 fully saturated rings. The first-order valence-corrected chi connectivity index (χ1v) is 5.91. The molecule has 2 atom stereocenters. The zero-order valence-electron chi connectivity index (χ0n) is 8.10. The molecule has 1 aliphatic rings. The van der Waals surface area contributed by atoms with E-state index in [0.717, 1.165) is 11.9 Å². The molecule has 0 saturated carbocycles. The van der Waals surface area contributed by atoms with Crippen LogP contribution in [-0.2, 0) is 4.74 Å². The second-order valence-electron chi connectivity index (χ2n) is 3.33. The van der Waals surface area contributed by atoms with E-state index in [4.69, 9.17) is 4.74 Å². The highest BCUT2D eigenvalue weighted by atomic mass is 32.2. The number of hydrogen-bond acceptors (Lipinski definition) is 4. The quantitative estimate of drug-likeness (QED) is 0.832. The number of halogens is 1. The maximum atomic E-state index is 13.3. The average Bonchev–Trinajstić information content (AvgIpc) is 2.30. The van der Waals surface area contributed by atoms with Crippen molar-refractivity contribution in [2.45, 2.75) is 12.2 Å². The summed E-state index contributed by atoms with van der Waals surface area (Å²) in [6, 6.07) is 1.49. The minimum Gasteiger partial charge on any atom is -0.386 e. The molecule has 82 valence electrons. The second kappa shape index (κ2) is 4.92. The molecule has 1 aliphatic heterocycles. The van der Waals surface area contributed by atoms with E-state index in [1.54, 1.807) is 11.8 Å². The van der Waals surface area contributed by atoms with Gasteiger partial charge in [-0.15, -0.1) is 0 Å². The molecule has 0 radical (unpaired) electrons. The molecule has 0 aromatic carbocycles. The van der Waals surface area contributed by atoms with Gasteiger partial charge in [0.1, 0.15) is 11.9 Å². The normalized spacial score (nSPS) is 23.7. The van der Waals surface area contributed by atoms with Crippen molar-refractivity contribution in [3.05, 3.63) is 29.8 Å². The van der Waals surface area contributed by atoms with Crippen molar-refractivity contribution in [3.8, 4) is 0 Å². The van der Waals surface area contributed by atoms with Gasteiger partial charge >= 0.3 is 0 Å². The van der Waals surface area contributed by atoms with Gasteiger partial charge in [-0.3, -0.25) is 4.98 Å². The van der Waals surface area contributed by atoms with Gasteiger partial charge in [-0.05, 0) is 6.07 Å². The number of ether oxygens (including phenoxy) is 1. The smallest absolute Gasteiger partial charge is 0.147 e. The lowest BCUT2D eigenvalue weighted by atomic mass is 10.1. The van der Waals surface area contributed by atoms with Crippen molar-refractivity contribution in [2.24, 2.45) is 0 Å². The van der Waals surface area contributed by atoms with E-state index in [-0.39, 0.29) is 11.7 Å². The van der Waals surface area contributed by atoms with Crippen molar-refractivity contribution in [1.82, 2.24) is 4.98 Å². The number of aromatic nitrogens is 1. The molecular weight excluding hydrogens is 217 g/mol. The Kier molecular flexibility index (Phi) is 3.56. The number of thioether (sulfide) groups is 1. The van der Waals surface area contributed by atoms with Crippen LogP contribution in [0.5, 0.6) is 0 Å². The van der Waals surface area contributed by atoms with Gasteiger partial charge in [0.2, 0.25) is 0 Å². The van der Waals surface area contributed by atoms with Gasteiger partial charge in [0.25, 0.3) is 0 Å². The Hall–Kier alpha value is -0.650. The summed E-state index contributed by atoms with van der Waals surface area (Å²) in [6.07, 6.45) is 1.35. The highest BCUT2D eigenvalue weighted by molar-refractivity contribution is 7.99.